The van der Waals surface area contributed by atoms with Crippen LogP contribution in [0.5, 0.6) is 5.75 Å². The summed E-state index contributed by atoms with van der Waals surface area (Å²) in [6, 6.07) is 12.7. The van der Waals surface area contributed by atoms with Crippen molar-refractivity contribution in [2.45, 2.75) is 0 Å². The summed E-state index contributed by atoms with van der Waals surface area (Å²) in [4.78, 5) is 12.0. The van der Waals surface area contributed by atoms with Crippen LogP contribution in [0.4, 0.5) is 5.69 Å². The first-order valence-corrected chi connectivity index (χ1v) is 5.78. The van der Waals surface area contributed by atoms with Crippen LogP contribution < -0.4 is 5.32 Å². The number of phenolic OH excluding ortho intramolecular Hbond substituents is 1. The van der Waals surface area contributed by atoms with Gasteiger partial charge in [0.25, 0.3) is 5.91 Å². The number of phenols is 1. The van der Waals surface area contributed by atoms with E-state index in [-0.39, 0.29) is 11.3 Å². The third-order valence-corrected chi connectivity index (χ3v) is 2.82. The largest absolute Gasteiger partial charge is 0.507 e. The van der Waals surface area contributed by atoms with Gasteiger partial charge in [0.15, 0.2) is 0 Å². The van der Waals surface area contributed by atoms with Crippen molar-refractivity contribution in [3.63, 3.8) is 0 Å². The summed E-state index contributed by atoms with van der Waals surface area (Å²) >= 11 is 5.94. The maximum Gasteiger partial charge on any atom is 0.259 e. The lowest BCUT2D eigenvalue weighted by atomic mass is 10.1. The van der Waals surface area contributed by atoms with Crippen molar-refractivity contribution in [2.24, 2.45) is 0 Å². The highest BCUT2D eigenvalue weighted by atomic mass is 35.5. The van der Waals surface area contributed by atoms with Crippen LogP contribution in [0.25, 0.3) is 0 Å². The Hall–Kier alpha value is -2.51. The summed E-state index contributed by atoms with van der Waals surface area (Å²) in [6.07, 6.45) is 0. The Balaban J connectivity index is 2.30. The lowest BCUT2D eigenvalue weighted by Crippen LogP contribution is -2.12. The van der Waals surface area contributed by atoms with E-state index in [1.54, 1.807) is 18.2 Å². The predicted octanol–water partition coefficient (Wildman–Crippen LogP) is 3.17. The molecule has 0 unspecified atom stereocenters. The number of carbonyl (C=O) groups is 1. The first-order valence-electron chi connectivity index (χ1n) is 5.41. The second kappa shape index (κ2) is 5.42. The number of nitrogens with one attached hydrogen (secondary N) is 1. The van der Waals surface area contributed by atoms with Gasteiger partial charge in [0, 0.05) is 0 Å². The molecule has 0 saturated carbocycles. The van der Waals surface area contributed by atoms with E-state index in [0.29, 0.717) is 16.3 Å². The fourth-order valence-electron chi connectivity index (χ4n) is 1.55. The van der Waals surface area contributed by atoms with Crippen molar-refractivity contribution >= 4 is 23.2 Å². The van der Waals surface area contributed by atoms with Crippen molar-refractivity contribution in [3.8, 4) is 11.8 Å². The highest BCUT2D eigenvalue weighted by Gasteiger charge is 2.12. The minimum Gasteiger partial charge on any atom is -0.507 e. The Bertz CT molecular complexity index is 677. The van der Waals surface area contributed by atoms with Crippen molar-refractivity contribution in [2.75, 3.05) is 5.32 Å². The maximum atomic E-state index is 12.0. The molecule has 0 radical (unpaired) electrons. The van der Waals surface area contributed by atoms with Gasteiger partial charge >= 0.3 is 0 Å². The highest BCUT2D eigenvalue weighted by molar-refractivity contribution is 6.34. The van der Waals surface area contributed by atoms with E-state index < -0.39 is 5.91 Å². The Kier molecular flexibility index (Phi) is 3.69. The third-order valence-electron chi connectivity index (χ3n) is 2.49. The molecule has 2 aromatic rings. The van der Waals surface area contributed by atoms with E-state index in [1.807, 2.05) is 6.07 Å². The SMILES string of the molecule is N#Cc1ccc(Cl)c(NC(=O)c2ccccc2O)c1. The quantitative estimate of drug-likeness (QED) is 0.882. The van der Waals surface area contributed by atoms with Crippen molar-refractivity contribution in [1.82, 2.24) is 0 Å². The molecule has 94 valence electrons. The van der Waals surface area contributed by atoms with Crippen LogP contribution >= 0.6 is 11.6 Å². The van der Waals surface area contributed by atoms with Crippen LogP contribution in [0.2, 0.25) is 5.02 Å². The molecule has 2 N–H and O–H groups in total. The van der Waals surface area contributed by atoms with Crippen LogP contribution in [0.1, 0.15) is 15.9 Å². The van der Waals surface area contributed by atoms with Gasteiger partial charge < -0.3 is 10.4 Å². The van der Waals surface area contributed by atoms with E-state index in [2.05, 4.69) is 5.32 Å². The summed E-state index contributed by atoms with van der Waals surface area (Å²) in [7, 11) is 0. The number of para-hydroxylation sites is 1. The van der Waals surface area contributed by atoms with E-state index in [1.165, 1.54) is 24.3 Å². The van der Waals surface area contributed by atoms with E-state index >= 15 is 0 Å². The molecule has 0 spiro atoms. The molecule has 19 heavy (non-hydrogen) atoms. The fraction of sp³-hybridized carbons (Fsp3) is 0. The number of halogens is 1. The molecule has 0 saturated heterocycles. The molecular formula is C14H9ClN2O2. The zero-order valence-electron chi connectivity index (χ0n) is 9.72. The molecule has 0 bridgehead atoms. The van der Waals surface area contributed by atoms with Crippen molar-refractivity contribution in [3.05, 3.63) is 58.6 Å². The van der Waals surface area contributed by atoms with Crippen LogP contribution in [0, 0.1) is 11.3 Å². The van der Waals surface area contributed by atoms with Crippen molar-refractivity contribution in [1.29, 1.82) is 5.26 Å². The molecule has 0 aliphatic carbocycles. The van der Waals surface area contributed by atoms with Crippen molar-refractivity contribution < 1.29 is 9.90 Å². The summed E-state index contributed by atoms with van der Waals surface area (Å²) in [5, 5.41) is 21.3. The number of rotatable bonds is 2. The Morgan fingerprint density at radius 1 is 1.26 bits per heavy atom. The van der Waals surface area contributed by atoms with Gasteiger partial charge in [-0.25, -0.2) is 0 Å². The molecule has 2 rings (SSSR count). The average Bonchev–Trinajstić information content (AvgIpc) is 2.41. The van der Waals surface area contributed by atoms with E-state index in [4.69, 9.17) is 16.9 Å². The fourth-order valence-corrected chi connectivity index (χ4v) is 1.71. The number of nitriles is 1. The number of carbonyl (C=O) groups excluding carboxylic acids is 1. The number of anilines is 1. The topological polar surface area (TPSA) is 73.1 Å². The van der Waals surface area contributed by atoms with Crippen LogP contribution in [0.3, 0.4) is 0 Å². The summed E-state index contributed by atoms with van der Waals surface area (Å²) in [6.45, 7) is 0. The number of amides is 1. The summed E-state index contributed by atoms with van der Waals surface area (Å²) < 4.78 is 0. The van der Waals surface area contributed by atoms with Crippen LogP contribution in [-0.4, -0.2) is 11.0 Å². The van der Waals surface area contributed by atoms with Gasteiger partial charge in [-0.1, -0.05) is 23.7 Å². The maximum absolute atomic E-state index is 12.0. The lowest BCUT2D eigenvalue weighted by Gasteiger charge is -2.08. The number of benzene rings is 2. The molecule has 0 heterocycles. The highest BCUT2D eigenvalue weighted by Crippen LogP contribution is 2.24. The smallest absolute Gasteiger partial charge is 0.259 e. The standard InChI is InChI=1S/C14H9ClN2O2/c15-11-6-5-9(8-16)7-12(11)17-14(19)10-3-1-2-4-13(10)18/h1-7,18H,(H,17,19). The first-order chi connectivity index (χ1) is 9.11. The second-order valence-corrected chi connectivity index (χ2v) is 4.18. The molecule has 1 amide bonds. The number of hydrogen-bond acceptors (Lipinski definition) is 3. The first kappa shape index (κ1) is 12.9. The summed E-state index contributed by atoms with van der Waals surface area (Å²) in [5.41, 5.74) is 0.854. The lowest BCUT2D eigenvalue weighted by molar-refractivity contribution is 0.102. The molecule has 4 nitrogen and oxygen atoms in total. The van der Waals surface area contributed by atoms with Gasteiger partial charge in [-0.05, 0) is 30.3 Å². The van der Waals surface area contributed by atoms with Gasteiger partial charge in [0.2, 0.25) is 0 Å². The summed E-state index contributed by atoms with van der Waals surface area (Å²) in [5.74, 6) is -0.609. The minimum atomic E-state index is -0.491. The van der Waals surface area contributed by atoms with E-state index in [9.17, 15) is 9.90 Å². The van der Waals surface area contributed by atoms with Gasteiger partial charge in [-0.2, -0.15) is 5.26 Å². The normalized spacial score (nSPS) is 9.68. The van der Waals surface area contributed by atoms with Crippen LogP contribution in [0.15, 0.2) is 42.5 Å². The van der Waals surface area contributed by atoms with Crippen LogP contribution in [-0.2, 0) is 0 Å². The molecule has 0 atom stereocenters. The molecule has 0 fully saturated rings. The third kappa shape index (κ3) is 2.84. The second-order valence-electron chi connectivity index (χ2n) is 3.78. The zero-order chi connectivity index (χ0) is 13.8. The molecule has 5 heteroatoms. The Morgan fingerprint density at radius 3 is 2.68 bits per heavy atom. The minimum absolute atomic E-state index is 0.118. The Labute approximate surface area is 114 Å². The predicted molar refractivity (Wildman–Crippen MR) is 72.2 cm³/mol. The average molecular weight is 273 g/mol. The molecule has 2 aromatic carbocycles. The molecule has 0 aromatic heterocycles. The monoisotopic (exact) mass is 272 g/mol. The van der Waals surface area contributed by atoms with Gasteiger partial charge in [-0.15, -0.1) is 0 Å². The van der Waals surface area contributed by atoms with Gasteiger partial charge in [-0.3, -0.25) is 4.79 Å². The van der Waals surface area contributed by atoms with E-state index in [0.717, 1.165) is 0 Å². The van der Waals surface area contributed by atoms with Gasteiger partial charge in [0.1, 0.15) is 5.75 Å². The Morgan fingerprint density at radius 2 is 2.00 bits per heavy atom. The zero-order valence-corrected chi connectivity index (χ0v) is 10.5. The number of aromatic hydroxyl groups is 1. The number of nitrogens with zero attached hydrogens (tertiary/aromatic N) is 1. The molecule has 0 aliphatic rings. The molecular weight excluding hydrogens is 264 g/mol. The molecule has 0 aliphatic heterocycles. The number of hydrogen-bond donors (Lipinski definition) is 2. The van der Waals surface area contributed by atoms with Gasteiger partial charge in [0.05, 0.1) is 27.9 Å².